The van der Waals surface area contributed by atoms with Crippen molar-refractivity contribution in [1.29, 1.82) is 10.8 Å². The molecule has 0 aliphatic heterocycles. The van der Waals surface area contributed by atoms with Crippen LogP contribution in [0.4, 0.5) is 0 Å². The van der Waals surface area contributed by atoms with E-state index in [0.29, 0.717) is 22.3 Å². The highest BCUT2D eigenvalue weighted by Gasteiger charge is 2.15. The summed E-state index contributed by atoms with van der Waals surface area (Å²) < 4.78 is 0. The van der Waals surface area contributed by atoms with Gasteiger partial charge in [0, 0.05) is 34.4 Å². The fourth-order valence-electron chi connectivity index (χ4n) is 3.53. The Morgan fingerprint density at radius 2 is 0.895 bits per heavy atom. The Labute approximate surface area is 217 Å². The van der Waals surface area contributed by atoms with E-state index >= 15 is 0 Å². The van der Waals surface area contributed by atoms with Gasteiger partial charge in [-0.2, -0.15) is 10.2 Å². The Balaban J connectivity index is 1.60. The fourth-order valence-corrected chi connectivity index (χ4v) is 3.53. The van der Waals surface area contributed by atoms with E-state index in [1.54, 1.807) is 48.5 Å². The summed E-state index contributed by atoms with van der Waals surface area (Å²) in [5.41, 5.74) is 7.43. The van der Waals surface area contributed by atoms with Gasteiger partial charge in [-0.05, 0) is 24.3 Å². The van der Waals surface area contributed by atoms with E-state index in [4.69, 9.17) is 10.8 Å². The molecule has 0 amide bonds. The average Bonchev–Trinajstić information content (AvgIpc) is 2.91. The summed E-state index contributed by atoms with van der Waals surface area (Å²) in [5, 5.41) is 65.1. The van der Waals surface area contributed by atoms with Crippen LogP contribution in [0.5, 0.6) is 23.0 Å². The second-order valence-corrected chi connectivity index (χ2v) is 8.03. The molecule has 10 heteroatoms. The van der Waals surface area contributed by atoms with E-state index < -0.39 is 11.7 Å². The predicted molar refractivity (Wildman–Crippen MR) is 145 cm³/mol. The van der Waals surface area contributed by atoms with Gasteiger partial charge in [0.05, 0.1) is 0 Å². The van der Waals surface area contributed by atoms with Gasteiger partial charge >= 0.3 is 0 Å². The number of rotatable bonds is 6. The molecule has 0 saturated carbocycles. The van der Waals surface area contributed by atoms with Crippen molar-refractivity contribution < 1.29 is 20.4 Å². The van der Waals surface area contributed by atoms with Crippen molar-refractivity contribution in [2.45, 2.75) is 0 Å². The molecule has 0 radical (unpaired) electrons. The topological polar surface area (TPSA) is 177 Å². The smallest absolute Gasteiger partial charge is 0.183 e. The Bertz CT molecular complexity index is 1420. The Morgan fingerprint density at radius 3 is 1.24 bits per heavy atom. The van der Waals surface area contributed by atoms with Crippen molar-refractivity contribution >= 4 is 23.1 Å². The number of nitrogens with zero attached hydrogens (tertiary/aromatic N) is 2. The van der Waals surface area contributed by atoms with E-state index in [1.165, 1.54) is 36.4 Å². The summed E-state index contributed by atoms with van der Waals surface area (Å²) in [6.45, 7) is 0. The van der Waals surface area contributed by atoms with E-state index in [9.17, 15) is 20.4 Å². The molecule has 0 aliphatic rings. The molecule has 0 atom stereocenters. The zero-order valence-electron chi connectivity index (χ0n) is 19.9. The highest BCUT2D eigenvalue weighted by Crippen LogP contribution is 2.26. The summed E-state index contributed by atoms with van der Waals surface area (Å²) in [6, 6.07) is 26.0. The van der Waals surface area contributed by atoms with Gasteiger partial charge in [0.1, 0.15) is 34.4 Å². The molecule has 0 aromatic heterocycles. The summed E-state index contributed by atoms with van der Waals surface area (Å²) in [5.74, 6) is -1.50. The molecule has 10 nitrogen and oxygen atoms in total. The zero-order chi connectivity index (χ0) is 27.1. The third kappa shape index (κ3) is 5.94. The van der Waals surface area contributed by atoms with Crippen molar-refractivity contribution in [2.75, 3.05) is 0 Å². The lowest BCUT2D eigenvalue weighted by Gasteiger charge is -2.12. The molecule has 8 N–H and O–H groups in total. The first-order valence-electron chi connectivity index (χ1n) is 11.3. The van der Waals surface area contributed by atoms with Crippen molar-refractivity contribution in [3.63, 3.8) is 0 Å². The Kier molecular flexibility index (Phi) is 7.63. The molecule has 0 saturated heterocycles. The van der Waals surface area contributed by atoms with Gasteiger partial charge in [-0.3, -0.25) is 21.7 Å². The lowest BCUT2D eigenvalue weighted by molar-refractivity contribution is 0.449. The zero-order valence-corrected chi connectivity index (χ0v) is 19.9. The average molecular weight is 509 g/mol. The highest BCUT2D eigenvalue weighted by molar-refractivity contribution is 6.38. The van der Waals surface area contributed by atoms with E-state index in [0.717, 1.165) is 0 Å². The molecule has 0 unspecified atom stereocenters. The van der Waals surface area contributed by atoms with Crippen LogP contribution in [0, 0.1) is 10.8 Å². The minimum absolute atomic E-state index is 0.114. The van der Waals surface area contributed by atoms with Crippen LogP contribution in [0.3, 0.4) is 0 Å². The number of hydrazone groups is 2. The third-order valence-corrected chi connectivity index (χ3v) is 5.38. The number of benzene rings is 4. The van der Waals surface area contributed by atoms with Gasteiger partial charge in [-0.25, -0.2) is 0 Å². The van der Waals surface area contributed by atoms with Crippen molar-refractivity contribution in [1.82, 2.24) is 10.9 Å². The molecule has 0 bridgehead atoms. The number of phenolic OH excluding ortho intramolecular Hbond substituents is 4. The van der Waals surface area contributed by atoms with Crippen molar-refractivity contribution in [2.24, 2.45) is 10.2 Å². The predicted octanol–water partition coefficient (Wildman–Crippen LogP) is 3.85. The van der Waals surface area contributed by atoms with Crippen LogP contribution in [0.2, 0.25) is 0 Å². The van der Waals surface area contributed by atoms with Crippen LogP contribution >= 0.6 is 0 Å². The molecule has 0 spiro atoms. The molecule has 190 valence electrons. The minimum Gasteiger partial charge on any atom is -0.508 e. The van der Waals surface area contributed by atoms with Gasteiger partial charge in [-0.15, -0.1) is 0 Å². The SMILES string of the molecule is N=C(N/N=C(/c1ccccc1)c1ccc(O)cc1O)C(=N)N/N=C(/c1ccccc1)c1ccc(O)cc1O. The molecular formula is C28H24N6O4. The molecule has 0 heterocycles. The van der Waals surface area contributed by atoms with Crippen LogP contribution in [0.25, 0.3) is 0 Å². The van der Waals surface area contributed by atoms with Gasteiger partial charge in [0.25, 0.3) is 0 Å². The summed E-state index contributed by atoms with van der Waals surface area (Å²) >= 11 is 0. The third-order valence-electron chi connectivity index (χ3n) is 5.38. The maximum Gasteiger partial charge on any atom is 0.183 e. The number of aromatic hydroxyl groups is 4. The molecule has 0 fully saturated rings. The monoisotopic (exact) mass is 508 g/mol. The number of amidine groups is 2. The number of hydrogen-bond acceptors (Lipinski definition) is 8. The maximum absolute atomic E-state index is 10.4. The van der Waals surface area contributed by atoms with Gasteiger partial charge in [0.2, 0.25) is 0 Å². The van der Waals surface area contributed by atoms with Gasteiger partial charge in [-0.1, -0.05) is 60.7 Å². The molecule has 4 aromatic carbocycles. The van der Waals surface area contributed by atoms with Gasteiger partial charge < -0.3 is 20.4 Å². The molecule has 38 heavy (non-hydrogen) atoms. The second-order valence-electron chi connectivity index (χ2n) is 8.03. The van der Waals surface area contributed by atoms with Crippen LogP contribution < -0.4 is 10.9 Å². The lowest BCUT2D eigenvalue weighted by Crippen LogP contribution is -2.35. The standard InChI is InChI=1S/C28H24N6O4/c29-27(33-31-25(17-7-3-1-4-8-17)21-13-11-19(35)15-23(21)37)28(30)34-32-26(18-9-5-2-6-10-18)22-14-12-20(36)16-24(22)38/h1-16,35-38H,(H2,29,33)(H2,30,34)/b31-25-,32-26-. The quantitative estimate of drug-likeness (QED) is 0.111. The normalized spacial score (nSPS) is 11.6. The van der Waals surface area contributed by atoms with Crippen molar-refractivity contribution in [3.05, 3.63) is 119 Å². The number of nitrogens with one attached hydrogen (secondary N) is 4. The van der Waals surface area contributed by atoms with E-state index in [-0.39, 0.29) is 34.4 Å². The summed E-state index contributed by atoms with van der Waals surface area (Å²) in [7, 11) is 0. The molecule has 4 rings (SSSR count). The van der Waals surface area contributed by atoms with Gasteiger partial charge in [0.15, 0.2) is 11.7 Å². The summed E-state index contributed by atoms with van der Waals surface area (Å²) in [4.78, 5) is 0. The lowest BCUT2D eigenvalue weighted by atomic mass is 10.0. The Hall–Kier alpha value is -5.64. The largest absolute Gasteiger partial charge is 0.508 e. The molecule has 4 aromatic rings. The number of phenols is 4. The number of hydrogen-bond donors (Lipinski definition) is 8. The first kappa shape index (κ1) is 25.5. The first-order chi connectivity index (χ1) is 18.3. The molecular weight excluding hydrogens is 484 g/mol. The minimum atomic E-state index is -0.428. The Morgan fingerprint density at radius 1 is 0.526 bits per heavy atom. The molecule has 0 aliphatic carbocycles. The maximum atomic E-state index is 10.4. The summed E-state index contributed by atoms with van der Waals surface area (Å²) in [6.07, 6.45) is 0. The van der Waals surface area contributed by atoms with E-state index in [2.05, 4.69) is 21.1 Å². The van der Waals surface area contributed by atoms with Crippen molar-refractivity contribution in [3.8, 4) is 23.0 Å². The second kappa shape index (κ2) is 11.4. The highest BCUT2D eigenvalue weighted by atomic mass is 16.3. The van der Waals surface area contributed by atoms with Crippen LogP contribution in [0.15, 0.2) is 107 Å². The fraction of sp³-hybridized carbons (Fsp3) is 0. The van der Waals surface area contributed by atoms with Crippen LogP contribution in [-0.2, 0) is 0 Å². The van der Waals surface area contributed by atoms with E-state index in [1.807, 2.05) is 12.1 Å². The van der Waals surface area contributed by atoms with Crippen LogP contribution in [0.1, 0.15) is 22.3 Å². The van der Waals surface area contributed by atoms with Crippen LogP contribution in [-0.4, -0.2) is 43.5 Å². The first-order valence-corrected chi connectivity index (χ1v) is 11.3.